The number of hydrogen-bond donors (Lipinski definition) is 0. The summed E-state index contributed by atoms with van der Waals surface area (Å²) in [6, 6.07) is 10.3. The van der Waals surface area contributed by atoms with Crippen molar-refractivity contribution in [1.29, 1.82) is 0 Å². The zero-order valence-corrected chi connectivity index (χ0v) is 20.5. The Morgan fingerprint density at radius 1 is 0.879 bits per heavy atom. The molecule has 2 aliphatic rings. The van der Waals surface area contributed by atoms with Crippen molar-refractivity contribution in [2.45, 2.75) is 83.4 Å². The van der Waals surface area contributed by atoms with Crippen LogP contribution in [0.15, 0.2) is 30.3 Å². The number of carbonyl (C=O) groups excluding carboxylic acids is 1. The van der Waals surface area contributed by atoms with Gasteiger partial charge in [0.2, 0.25) is 0 Å². The first kappa shape index (κ1) is 25.9. The maximum Gasteiger partial charge on any atom is 0.410 e. The van der Waals surface area contributed by atoms with Gasteiger partial charge in [-0.05, 0) is 58.4 Å². The summed E-state index contributed by atoms with van der Waals surface area (Å²) < 4.78 is 28.8. The number of hydrogen-bond acceptors (Lipinski definition) is 6. The van der Waals surface area contributed by atoms with Crippen LogP contribution < -0.4 is 0 Å². The molecular weight excluding hydrogens is 422 g/mol. The third-order valence-corrected chi connectivity index (χ3v) is 5.84. The Morgan fingerprint density at radius 2 is 1.55 bits per heavy atom. The van der Waals surface area contributed by atoms with Gasteiger partial charge in [-0.3, -0.25) is 0 Å². The molecule has 0 radical (unpaired) electrons. The van der Waals surface area contributed by atoms with E-state index < -0.39 is 5.60 Å². The fraction of sp³-hybridized carbons (Fsp3) is 0.731. The molecule has 0 spiro atoms. The maximum absolute atomic E-state index is 12.1. The van der Waals surface area contributed by atoms with E-state index >= 15 is 0 Å². The van der Waals surface area contributed by atoms with Gasteiger partial charge in [0.15, 0.2) is 0 Å². The minimum atomic E-state index is -0.454. The quantitative estimate of drug-likeness (QED) is 0.423. The van der Waals surface area contributed by atoms with Crippen LogP contribution in [0.1, 0.15) is 58.4 Å². The van der Waals surface area contributed by atoms with E-state index in [0.717, 1.165) is 38.7 Å². The molecule has 186 valence electrons. The highest BCUT2D eigenvalue weighted by atomic mass is 16.6. The first-order chi connectivity index (χ1) is 15.9. The molecule has 7 nitrogen and oxygen atoms in total. The molecule has 7 heteroatoms. The van der Waals surface area contributed by atoms with Crippen LogP contribution in [-0.2, 0) is 30.3 Å². The Labute approximate surface area is 198 Å². The van der Waals surface area contributed by atoms with Gasteiger partial charge in [0.05, 0.1) is 38.1 Å². The van der Waals surface area contributed by atoms with Crippen molar-refractivity contribution >= 4 is 6.09 Å². The molecule has 1 heterocycles. The molecule has 1 amide bonds. The predicted molar refractivity (Wildman–Crippen MR) is 126 cm³/mol. The number of rotatable bonds is 12. The summed E-state index contributed by atoms with van der Waals surface area (Å²) in [5, 5.41) is 0. The molecule has 1 aromatic rings. The summed E-state index contributed by atoms with van der Waals surface area (Å²) >= 11 is 0. The highest BCUT2D eigenvalue weighted by Crippen LogP contribution is 2.27. The van der Waals surface area contributed by atoms with Crippen LogP contribution in [0.4, 0.5) is 4.79 Å². The minimum Gasteiger partial charge on any atom is -0.444 e. The molecule has 33 heavy (non-hydrogen) atoms. The molecular formula is C26H41NO6. The highest BCUT2D eigenvalue weighted by molar-refractivity contribution is 5.68. The predicted octanol–water partition coefficient (Wildman–Crippen LogP) is 4.57. The molecule has 0 unspecified atom stereocenters. The lowest BCUT2D eigenvalue weighted by molar-refractivity contribution is -0.109. The molecule has 1 aliphatic heterocycles. The summed E-state index contributed by atoms with van der Waals surface area (Å²) in [5.41, 5.74) is 0.763. The van der Waals surface area contributed by atoms with Crippen molar-refractivity contribution in [3.05, 3.63) is 35.9 Å². The van der Waals surface area contributed by atoms with Crippen LogP contribution in [0.3, 0.4) is 0 Å². The van der Waals surface area contributed by atoms with Crippen molar-refractivity contribution in [1.82, 2.24) is 4.90 Å². The Balaban J connectivity index is 1.10. The average Bonchev–Trinajstić information content (AvgIpc) is 2.76. The van der Waals surface area contributed by atoms with Gasteiger partial charge in [0.1, 0.15) is 5.60 Å². The number of likely N-dealkylation sites (tertiary alicyclic amines) is 1. The second kappa shape index (κ2) is 13.3. The van der Waals surface area contributed by atoms with Crippen LogP contribution in [-0.4, -0.2) is 74.4 Å². The number of carbonyl (C=O) groups is 1. The summed E-state index contributed by atoms with van der Waals surface area (Å²) in [7, 11) is 0. The topological polar surface area (TPSA) is 66.5 Å². The smallest absolute Gasteiger partial charge is 0.410 e. The number of ether oxygens (including phenoxy) is 5. The van der Waals surface area contributed by atoms with Gasteiger partial charge in [-0.15, -0.1) is 0 Å². The van der Waals surface area contributed by atoms with E-state index in [2.05, 4.69) is 12.1 Å². The van der Waals surface area contributed by atoms with E-state index in [1.807, 2.05) is 39.0 Å². The zero-order chi connectivity index (χ0) is 23.5. The van der Waals surface area contributed by atoms with E-state index in [9.17, 15) is 4.79 Å². The number of benzene rings is 1. The fourth-order valence-electron chi connectivity index (χ4n) is 3.90. The molecule has 3 rings (SSSR count). The maximum atomic E-state index is 12.1. The fourth-order valence-corrected chi connectivity index (χ4v) is 3.90. The standard InChI is InChI=1S/C26H41NO6/c1-26(2,3)33-25(28)27-12-10-22(11-13-27)31-17-16-29-14-7-15-30-23-18-24(19-23)32-20-21-8-5-4-6-9-21/h4-6,8-9,22-24H,7,10-20H2,1-3H3/t23-,24-. The van der Waals surface area contributed by atoms with Crippen LogP contribution in [0.2, 0.25) is 0 Å². The molecule has 0 bridgehead atoms. The Morgan fingerprint density at radius 3 is 2.24 bits per heavy atom. The lowest BCUT2D eigenvalue weighted by Gasteiger charge is -2.35. The molecule has 1 aromatic carbocycles. The van der Waals surface area contributed by atoms with Gasteiger partial charge in [0, 0.05) is 26.3 Å². The lowest BCUT2D eigenvalue weighted by Crippen LogP contribution is -2.43. The van der Waals surface area contributed by atoms with E-state index in [1.165, 1.54) is 5.56 Å². The number of amides is 1. The zero-order valence-electron chi connectivity index (χ0n) is 20.5. The SMILES string of the molecule is CC(C)(C)OC(=O)N1CCC(OCCOCCCO[C@H]2C[C@H](OCc3ccccc3)C2)CC1. The van der Waals surface area contributed by atoms with Crippen molar-refractivity contribution in [3.63, 3.8) is 0 Å². The van der Waals surface area contributed by atoms with Gasteiger partial charge >= 0.3 is 6.09 Å². The van der Waals surface area contributed by atoms with E-state index in [4.69, 9.17) is 23.7 Å². The second-order valence-corrected chi connectivity index (χ2v) is 9.89. The van der Waals surface area contributed by atoms with Gasteiger partial charge in [-0.2, -0.15) is 0 Å². The van der Waals surface area contributed by atoms with E-state index in [-0.39, 0.29) is 12.2 Å². The molecule has 1 saturated carbocycles. The van der Waals surface area contributed by atoms with Crippen molar-refractivity contribution < 1.29 is 28.5 Å². The lowest BCUT2D eigenvalue weighted by atomic mass is 9.92. The Kier molecular flexibility index (Phi) is 10.4. The largest absolute Gasteiger partial charge is 0.444 e. The third-order valence-electron chi connectivity index (χ3n) is 5.84. The van der Waals surface area contributed by atoms with Crippen LogP contribution in [0.25, 0.3) is 0 Å². The van der Waals surface area contributed by atoms with Crippen LogP contribution >= 0.6 is 0 Å². The first-order valence-corrected chi connectivity index (χ1v) is 12.3. The van der Waals surface area contributed by atoms with Crippen molar-refractivity contribution in [3.8, 4) is 0 Å². The normalized spacial score (nSPS) is 21.6. The second-order valence-electron chi connectivity index (χ2n) is 9.89. The van der Waals surface area contributed by atoms with Crippen LogP contribution in [0.5, 0.6) is 0 Å². The molecule has 0 atom stereocenters. The van der Waals surface area contributed by atoms with Crippen molar-refractivity contribution in [2.75, 3.05) is 39.5 Å². The van der Waals surface area contributed by atoms with Gasteiger partial charge in [0.25, 0.3) is 0 Å². The molecule has 1 saturated heterocycles. The Hall–Kier alpha value is -1.67. The summed E-state index contributed by atoms with van der Waals surface area (Å²) in [6.07, 6.45) is 5.12. The Bertz CT molecular complexity index is 678. The number of piperidine rings is 1. The van der Waals surface area contributed by atoms with Gasteiger partial charge in [-0.25, -0.2) is 4.79 Å². The van der Waals surface area contributed by atoms with E-state index in [0.29, 0.717) is 51.7 Å². The summed E-state index contributed by atoms with van der Waals surface area (Å²) in [6.45, 7) is 10.3. The number of nitrogens with zero attached hydrogens (tertiary/aromatic N) is 1. The summed E-state index contributed by atoms with van der Waals surface area (Å²) in [5.74, 6) is 0. The highest BCUT2D eigenvalue weighted by Gasteiger charge is 2.30. The molecule has 0 N–H and O–H groups in total. The summed E-state index contributed by atoms with van der Waals surface area (Å²) in [4.78, 5) is 13.9. The molecule has 2 fully saturated rings. The average molecular weight is 464 g/mol. The first-order valence-electron chi connectivity index (χ1n) is 12.3. The van der Waals surface area contributed by atoms with Crippen LogP contribution in [0, 0.1) is 0 Å². The van der Waals surface area contributed by atoms with Gasteiger partial charge in [-0.1, -0.05) is 30.3 Å². The molecule has 1 aliphatic carbocycles. The minimum absolute atomic E-state index is 0.186. The van der Waals surface area contributed by atoms with Gasteiger partial charge < -0.3 is 28.6 Å². The monoisotopic (exact) mass is 463 g/mol. The van der Waals surface area contributed by atoms with E-state index in [1.54, 1.807) is 4.90 Å². The third kappa shape index (κ3) is 10.0. The molecule has 0 aromatic heterocycles. The van der Waals surface area contributed by atoms with Crippen molar-refractivity contribution in [2.24, 2.45) is 0 Å².